The molecule has 0 atom stereocenters. The van der Waals surface area contributed by atoms with Gasteiger partial charge in [-0.2, -0.15) is 0 Å². The van der Waals surface area contributed by atoms with Crippen LogP contribution in [0, 0.1) is 0 Å². The fourth-order valence-electron chi connectivity index (χ4n) is 2.79. The van der Waals surface area contributed by atoms with Crippen molar-refractivity contribution in [1.29, 1.82) is 0 Å². The number of thioether (sulfide) groups is 2. The smallest absolute Gasteiger partial charge is 0.293 e. The maximum absolute atomic E-state index is 11.6. The summed E-state index contributed by atoms with van der Waals surface area (Å²) in [6.45, 7) is 4.13. The molecule has 3 heterocycles. The summed E-state index contributed by atoms with van der Waals surface area (Å²) in [7, 11) is 0. The summed E-state index contributed by atoms with van der Waals surface area (Å²) >= 11 is 2.12. The van der Waals surface area contributed by atoms with Gasteiger partial charge in [0, 0.05) is 0 Å². The first-order chi connectivity index (χ1) is 10.5. The Labute approximate surface area is 136 Å². The minimum Gasteiger partial charge on any atom is -0.308 e. The molecule has 0 unspecified atom stereocenters. The number of amides is 4. The highest BCUT2D eigenvalue weighted by Crippen LogP contribution is 2.17. The van der Waals surface area contributed by atoms with Crippen molar-refractivity contribution in [2.24, 2.45) is 0 Å². The van der Waals surface area contributed by atoms with Gasteiger partial charge in [-0.05, 0) is 0 Å². The Morgan fingerprint density at radius 2 is 1.09 bits per heavy atom. The molecule has 2 N–H and O–H groups in total. The largest absolute Gasteiger partial charge is 0.308 e. The van der Waals surface area contributed by atoms with Crippen LogP contribution in [0.3, 0.4) is 0 Å². The number of nitrogens with one attached hydrogen (secondary N) is 2. The summed E-state index contributed by atoms with van der Waals surface area (Å²) < 4.78 is 0. The maximum atomic E-state index is 11.6. The van der Waals surface area contributed by atoms with Crippen molar-refractivity contribution in [1.82, 2.24) is 9.80 Å². The van der Waals surface area contributed by atoms with Crippen molar-refractivity contribution >= 4 is 45.8 Å². The van der Waals surface area contributed by atoms with Crippen molar-refractivity contribution in [3.05, 3.63) is 0 Å². The number of hydrogen-bond donors (Lipinski definition) is 2. The summed E-state index contributed by atoms with van der Waals surface area (Å²) in [5.74, 6) is 0.283. The second kappa shape index (κ2) is 6.57. The zero-order chi connectivity index (χ0) is 15.7. The molecule has 120 valence electrons. The Bertz CT molecular complexity index is 443. The van der Waals surface area contributed by atoms with E-state index in [1.165, 1.54) is 19.6 Å². The van der Waals surface area contributed by atoms with E-state index >= 15 is 0 Å². The van der Waals surface area contributed by atoms with Crippen molar-refractivity contribution < 1.29 is 29.0 Å². The number of quaternary nitrogens is 2. The van der Waals surface area contributed by atoms with Crippen LogP contribution in [0.25, 0.3) is 0 Å². The second-order valence-corrected chi connectivity index (χ2v) is 7.42. The number of nitrogens with zero attached hydrogens (tertiary/aromatic N) is 2. The summed E-state index contributed by atoms with van der Waals surface area (Å²) in [5, 5.41) is -0.310. The number of hydrogen-bond acceptors (Lipinski definition) is 6. The van der Waals surface area contributed by atoms with Crippen LogP contribution >= 0.6 is 23.5 Å². The normalized spacial score (nSPS) is 29.8. The molecule has 0 radical (unpaired) electrons. The lowest BCUT2D eigenvalue weighted by Crippen LogP contribution is -3.29. The van der Waals surface area contributed by atoms with Crippen LogP contribution < -0.4 is 9.80 Å². The molecule has 3 aliphatic rings. The van der Waals surface area contributed by atoms with Crippen LogP contribution in [0.2, 0.25) is 0 Å². The van der Waals surface area contributed by atoms with E-state index in [9.17, 15) is 19.2 Å². The summed E-state index contributed by atoms with van der Waals surface area (Å²) in [6, 6.07) is 0. The van der Waals surface area contributed by atoms with Gasteiger partial charge >= 0.3 is 0 Å². The molecule has 0 aromatic carbocycles. The van der Waals surface area contributed by atoms with Crippen LogP contribution in [0.4, 0.5) is 9.59 Å². The molecular formula is C12H18N4O4S2+2. The van der Waals surface area contributed by atoms with E-state index in [1.807, 2.05) is 0 Å². The van der Waals surface area contributed by atoms with Gasteiger partial charge in [0.15, 0.2) is 13.3 Å². The lowest BCUT2D eigenvalue weighted by Gasteiger charge is -2.32. The SMILES string of the molecule is O=C1CSC(=O)N1C[NH+]1CC[NH+](CN2C(=O)CSC2=O)CC1. The van der Waals surface area contributed by atoms with Crippen molar-refractivity contribution in [2.45, 2.75) is 0 Å². The molecular weight excluding hydrogens is 328 g/mol. The van der Waals surface area contributed by atoms with Gasteiger partial charge in [0.2, 0.25) is 11.8 Å². The number of carbonyl (C=O) groups excluding carboxylic acids is 4. The van der Waals surface area contributed by atoms with E-state index in [4.69, 9.17) is 0 Å². The second-order valence-electron chi connectivity index (χ2n) is 5.57. The Morgan fingerprint density at radius 1 is 0.727 bits per heavy atom. The fourth-order valence-corrected chi connectivity index (χ4v) is 4.24. The van der Waals surface area contributed by atoms with Gasteiger partial charge in [0.05, 0.1) is 11.5 Å². The van der Waals surface area contributed by atoms with Crippen LogP contribution in [-0.4, -0.2) is 83.1 Å². The monoisotopic (exact) mass is 346 g/mol. The molecule has 8 nitrogen and oxygen atoms in total. The third-order valence-corrected chi connectivity index (χ3v) is 5.83. The van der Waals surface area contributed by atoms with E-state index in [-0.39, 0.29) is 33.8 Å². The number of rotatable bonds is 4. The maximum Gasteiger partial charge on any atom is 0.293 e. The first kappa shape index (κ1) is 15.8. The molecule has 0 aromatic rings. The Morgan fingerprint density at radius 3 is 1.36 bits per heavy atom. The summed E-state index contributed by atoms with van der Waals surface area (Å²) in [5.41, 5.74) is 0. The minimum absolute atomic E-state index is 0.109. The molecule has 0 bridgehead atoms. The molecule has 0 saturated carbocycles. The minimum atomic E-state index is -0.155. The lowest BCUT2D eigenvalue weighted by atomic mass is 10.3. The quantitative estimate of drug-likeness (QED) is 0.567. The van der Waals surface area contributed by atoms with Gasteiger partial charge in [-0.1, -0.05) is 23.5 Å². The lowest BCUT2D eigenvalue weighted by molar-refractivity contribution is -1.02. The molecule has 0 spiro atoms. The van der Waals surface area contributed by atoms with Gasteiger partial charge in [-0.15, -0.1) is 0 Å². The third kappa shape index (κ3) is 3.29. The van der Waals surface area contributed by atoms with E-state index in [0.29, 0.717) is 13.3 Å². The molecule has 3 saturated heterocycles. The van der Waals surface area contributed by atoms with Gasteiger partial charge in [-0.25, -0.2) is 9.80 Å². The van der Waals surface area contributed by atoms with Gasteiger partial charge in [-0.3, -0.25) is 19.2 Å². The predicted octanol–water partition coefficient (Wildman–Crippen LogP) is -2.92. The molecule has 10 heteroatoms. The Kier molecular flexibility index (Phi) is 4.71. The van der Waals surface area contributed by atoms with Gasteiger partial charge < -0.3 is 9.80 Å². The van der Waals surface area contributed by atoms with Crippen LogP contribution in [0.5, 0.6) is 0 Å². The summed E-state index contributed by atoms with van der Waals surface area (Å²) in [6.07, 6.45) is 0. The Balaban J connectivity index is 1.46. The van der Waals surface area contributed by atoms with E-state index in [0.717, 1.165) is 49.7 Å². The fraction of sp³-hybridized carbons (Fsp3) is 0.667. The molecule has 0 aromatic heterocycles. The zero-order valence-electron chi connectivity index (χ0n) is 12.0. The van der Waals surface area contributed by atoms with E-state index in [2.05, 4.69) is 0 Å². The first-order valence-electron chi connectivity index (χ1n) is 7.16. The van der Waals surface area contributed by atoms with Gasteiger partial charge in [0.25, 0.3) is 10.5 Å². The number of imide groups is 2. The van der Waals surface area contributed by atoms with Crippen LogP contribution in [-0.2, 0) is 9.59 Å². The number of piperazine rings is 1. The molecule has 22 heavy (non-hydrogen) atoms. The van der Waals surface area contributed by atoms with Crippen molar-refractivity contribution in [3.8, 4) is 0 Å². The first-order valence-corrected chi connectivity index (χ1v) is 9.13. The topological polar surface area (TPSA) is 83.6 Å². The van der Waals surface area contributed by atoms with Gasteiger partial charge in [0.1, 0.15) is 26.2 Å². The highest BCUT2D eigenvalue weighted by atomic mass is 32.2. The van der Waals surface area contributed by atoms with E-state index in [1.54, 1.807) is 0 Å². The summed E-state index contributed by atoms with van der Waals surface area (Å²) in [4.78, 5) is 51.4. The highest BCUT2D eigenvalue weighted by Gasteiger charge is 2.37. The average Bonchev–Trinajstić information content (AvgIpc) is 2.99. The van der Waals surface area contributed by atoms with Crippen molar-refractivity contribution in [2.75, 3.05) is 51.0 Å². The number of carbonyl (C=O) groups is 4. The zero-order valence-corrected chi connectivity index (χ0v) is 13.6. The van der Waals surface area contributed by atoms with Crippen LogP contribution in [0.15, 0.2) is 0 Å². The Hall–Kier alpha value is -1.10. The van der Waals surface area contributed by atoms with Crippen molar-refractivity contribution in [3.63, 3.8) is 0 Å². The third-order valence-electron chi connectivity index (χ3n) is 4.11. The molecule has 4 amide bonds. The highest BCUT2D eigenvalue weighted by molar-refractivity contribution is 8.15. The molecule has 3 fully saturated rings. The van der Waals surface area contributed by atoms with Crippen LogP contribution in [0.1, 0.15) is 0 Å². The average molecular weight is 346 g/mol. The standard InChI is InChI=1S/C12H16N4O4S2/c17-9-5-21-11(19)15(9)7-13-1-2-14(4-3-13)8-16-10(18)6-22-12(16)20/h1-8H2/p+2. The molecule has 0 aliphatic carbocycles. The van der Waals surface area contributed by atoms with E-state index < -0.39 is 0 Å². The predicted molar refractivity (Wildman–Crippen MR) is 80.5 cm³/mol. The molecule has 3 rings (SSSR count). The molecule has 3 aliphatic heterocycles.